The molecule has 2 atom stereocenters. The summed E-state index contributed by atoms with van der Waals surface area (Å²) in [7, 11) is 10.3. The van der Waals surface area contributed by atoms with Gasteiger partial charge < -0.3 is 4.90 Å². The Balaban J connectivity index is 3.81. The minimum atomic E-state index is 0.331. The Morgan fingerprint density at radius 3 is 2.00 bits per heavy atom. The Morgan fingerprint density at radius 1 is 1.23 bits per heavy atom. The van der Waals surface area contributed by atoms with Crippen molar-refractivity contribution in [2.45, 2.75) is 52.4 Å². The molecule has 0 heterocycles. The summed E-state index contributed by atoms with van der Waals surface area (Å²) >= 11 is 0. The van der Waals surface area contributed by atoms with Gasteiger partial charge in [-0.1, -0.05) is 33.0 Å². The Bertz CT molecular complexity index is 138. The van der Waals surface area contributed by atoms with Crippen molar-refractivity contribution in [3.63, 3.8) is 0 Å². The fraction of sp³-hybridized carbons (Fsp3) is 1.00. The lowest BCUT2D eigenvalue weighted by molar-refractivity contribution is 0.272. The van der Waals surface area contributed by atoms with Crippen LogP contribution in [0, 0.1) is 5.41 Å². The van der Waals surface area contributed by atoms with Gasteiger partial charge in [-0.25, -0.2) is 0 Å². The van der Waals surface area contributed by atoms with Crippen LogP contribution in [0.2, 0.25) is 5.82 Å². The van der Waals surface area contributed by atoms with Gasteiger partial charge in [0.1, 0.15) is 0 Å². The van der Waals surface area contributed by atoms with Gasteiger partial charge in [0.15, 0.2) is 0 Å². The quantitative estimate of drug-likeness (QED) is 0.602. The highest BCUT2D eigenvalue weighted by molar-refractivity contribution is 6.11. The molecule has 13 heavy (non-hydrogen) atoms. The SMILES string of the molecule is [B]C(CC(C)N(C)C)CC(C)(C)C. The highest BCUT2D eigenvalue weighted by Crippen LogP contribution is 2.29. The van der Waals surface area contributed by atoms with Crippen LogP contribution in [-0.2, 0) is 0 Å². The van der Waals surface area contributed by atoms with E-state index in [0.717, 1.165) is 12.8 Å². The lowest BCUT2D eigenvalue weighted by Crippen LogP contribution is -2.26. The van der Waals surface area contributed by atoms with Crippen molar-refractivity contribution >= 4 is 7.85 Å². The number of rotatable bonds is 4. The lowest BCUT2D eigenvalue weighted by Gasteiger charge is -2.28. The molecule has 0 saturated carbocycles. The molecule has 0 aliphatic rings. The van der Waals surface area contributed by atoms with Gasteiger partial charge in [-0.05, 0) is 32.9 Å². The highest BCUT2D eigenvalue weighted by Gasteiger charge is 2.17. The van der Waals surface area contributed by atoms with E-state index in [1.54, 1.807) is 0 Å². The first-order chi connectivity index (χ1) is 5.72. The highest BCUT2D eigenvalue weighted by atomic mass is 15.1. The molecule has 0 bridgehead atoms. The molecule has 0 aromatic carbocycles. The molecule has 0 fully saturated rings. The van der Waals surface area contributed by atoms with E-state index >= 15 is 0 Å². The summed E-state index contributed by atoms with van der Waals surface area (Å²) in [6, 6.07) is 0.581. The smallest absolute Gasteiger partial charge is 0.0700 e. The molecule has 76 valence electrons. The summed E-state index contributed by atoms with van der Waals surface area (Å²) in [6.45, 7) is 8.95. The summed E-state index contributed by atoms with van der Waals surface area (Å²) in [4.78, 5) is 2.22. The van der Waals surface area contributed by atoms with Gasteiger partial charge >= 0.3 is 0 Å². The molecular weight excluding hydrogens is 157 g/mol. The van der Waals surface area contributed by atoms with Crippen molar-refractivity contribution in [2.24, 2.45) is 5.41 Å². The first kappa shape index (κ1) is 13.0. The predicted octanol–water partition coefficient (Wildman–Crippen LogP) is 2.72. The van der Waals surface area contributed by atoms with Crippen LogP contribution in [-0.4, -0.2) is 32.9 Å². The molecule has 0 rings (SSSR count). The third-order valence-electron chi connectivity index (χ3n) is 2.40. The molecule has 0 aliphatic heterocycles. The van der Waals surface area contributed by atoms with E-state index < -0.39 is 0 Å². The molecule has 0 aliphatic carbocycles. The van der Waals surface area contributed by atoms with E-state index in [0.29, 0.717) is 17.3 Å². The van der Waals surface area contributed by atoms with Gasteiger partial charge in [-0.2, -0.15) is 0 Å². The zero-order chi connectivity index (χ0) is 10.6. The van der Waals surface area contributed by atoms with E-state index in [1.165, 1.54) is 0 Å². The van der Waals surface area contributed by atoms with E-state index in [2.05, 4.69) is 46.7 Å². The molecule has 1 nitrogen and oxygen atoms in total. The van der Waals surface area contributed by atoms with Gasteiger partial charge in [-0.15, -0.1) is 0 Å². The van der Waals surface area contributed by atoms with Crippen molar-refractivity contribution in [1.29, 1.82) is 0 Å². The molecule has 2 radical (unpaired) electrons. The maximum absolute atomic E-state index is 6.07. The summed E-state index contributed by atoms with van der Waals surface area (Å²) in [5.41, 5.74) is 0.353. The minimum absolute atomic E-state index is 0.331. The minimum Gasteiger partial charge on any atom is -0.307 e. The molecule has 0 N–H and O–H groups in total. The Labute approximate surface area is 85.3 Å². The average Bonchev–Trinajstić information content (AvgIpc) is 1.81. The summed E-state index contributed by atoms with van der Waals surface area (Å²) in [5.74, 6) is 0.331. The molecule has 0 aromatic heterocycles. The Morgan fingerprint density at radius 2 is 1.69 bits per heavy atom. The maximum atomic E-state index is 6.07. The first-order valence-electron chi connectivity index (χ1n) is 5.14. The predicted molar refractivity (Wildman–Crippen MR) is 61.3 cm³/mol. The lowest BCUT2D eigenvalue weighted by atomic mass is 9.72. The van der Waals surface area contributed by atoms with Gasteiger partial charge in [0, 0.05) is 6.04 Å². The fourth-order valence-electron chi connectivity index (χ4n) is 1.52. The van der Waals surface area contributed by atoms with Gasteiger partial charge in [0.05, 0.1) is 7.85 Å². The van der Waals surface area contributed by atoms with Crippen molar-refractivity contribution in [1.82, 2.24) is 4.90 Å². The topological polar surface area (TPSA) is 3.24 Å². The second kappa shape index (κ2) is 5.04. The molecule has 0 aromatic rings. The monoisotopic (exact) mass is 181 g/mol. The second-order valence-electron chi connectivity index (χ2n) is 5.57. The van der Waals surface area contributed by atoms with Crippen molar-refractivity contribution in [3.05, 3.63) is 0 Å². The van der Waals surface area contributed by atoms with E-state index in [4.69, 9.17) is 7.85 Å². The van der Waals surface area contributed by atoms with Crippen LogP contribution in [0.4, 0.5) is 0 Å². The van der Waals surface area contributed by atoms with Crippen LogP contribution >= 0.6 is 0 Å². The number of hydrogen-bond donors (Lipinski definition) is 0. The van der Waals surface area contributed by atoms with Crippen molar-refractivity contribution in [2.75, 3.05) is 14.1 Å². The zero-order valence-corrected chi connectivity index (χ0v) is 10.1. The van der Waals surface area contributed by atoms with Crippen LogP contribution in [0.15, 0.2) is 0 Å². The third-order valence-corrected chi connectivity index (χ3v) is 2.40. The van der Waals surface area contributed by atoms with Crippen molar-refractivity contribution in [3.8, 4) is 0 Å². The maximum Gasteiger partial charge on any atom is 0.0700 e. The van der Waals surface area contributed by atoms with Gasteiger partial charge in [-0.3, -0.25) is 0 Å². The van der Waals surface area contributed by atoms with Crippen LogP contribution in [0.3, 0.4) is 0 Å². The molecule has 0 spiro atoms. The standard InChI is InChI=1S/C11H24BN/c1-9(13(5)6)7-10(12)8-11(2,3)4/h9-10H,7-8H2,1-6H3. The van der Waals surface area contributed by atoms with E-state index in [9.17, 15) is 0 Å². The normalized spacial score (nSPS) is 17.5. The summed E-state index contributed by atoms with van der Waals surface area (Å²) < 4.78 is 0. The third kappa shape index (κ3) is 7.12. The van der Waals surface area contributed by atoms with Crippen LogP contribution in [0.5, 0.6) is 0 Å². The molecule has 0 saturated heterocycles. The fourth-order valence-corrected chi connectivity index (χ4v) is 1.52. The summed E-state index contributed by atoms with van der Waals surface area (Å²) in [5, 5.41) is 0. The van der Waals surface area contributed by atoms with E-state index in [-0.39, 0.29) is 0 Å². The second-order valence-corrected chi connectivity index (χ2v) is 5.57. The van der Waals surface area contributed by atoms with Crippen LogP contribution in [0.25, 0.3) is 0 Å². The first-order valence-corrected chi connectivity index (χ1v) is 5.14. The van der Waals surface area contributed by atoms with E-state index in [1.807, 2.05) is 0 Å². The van der Waals surface area contributed by atoms with Gasteiger partial charge in [0.25, 0.3) is 0 Å². The largest absolute Gasteiger partial charge is 0.307 e. The van der Waals surface area contributed by atoms with Gasteiger partial charge in [0.2, 0.25) is 0 Å². The average molecular weight is 181 g/mol. The molecule has 0 amide bonds. The van der Waals surface area contributed by atoms with Crippen LogP contribution in [0.1, 0.15) is 40.5 Å². The molecule has 2 heteroatoms. The summed E-state index contributed by atoms with van der Waals surface area (Å²) in [6.07, 6.45) is 2.19. The number of hydrogen-bond acceptors (Lipinski definition) is 1. The van der Waals surface area contributed by atoms with Crippen molar-refractivity contribution < 1.29 is 0 Å². The Kier molecular flexibility index (Phi) is 5.05. The van der Waals surface area contributed by atoms with Crippen LogP contribution < -0.4 is 0 Å². The zero-order valence-electron chi connectivity index (χ0n) is 10.1. The molecule has 2 unspecified atom stereocenters. The number of nitrogens with zero attached hydrogens (tertiary/aromatic N) is 1. The molecular formula is C11H24BN. The Hall–Kier alpha value is 0.0249.